The minimum atomic E-state index is 1.20. The first kappa shape index (κ1) is 21.4. The van der Waals surface area contributed by atoms with Gasteiger partial charge in [0.25, 0.3) is 0 Å². The van der Waals surface area contributed by atoms with E-state index in [0.717, 1.165) is 0 Å². The summed E-state index contributed by atoms with van der Waals surface area (Å²) >= 11 is 1.87. The Kier molecular flexibility index (Phi) is 4.76. The minimum absolute atomic E-state index is 1.20. The molecule has 0 aliphatic heterocycles. The molecule has 2 heteroatoms. The Balaban J connectivity index is 1.32. The Morgan fingerprint density at radius 2 is 0.921 bits per heavy atom. The molecule has 0 saturated carbocycles. The van der Waals surface area contributed by atoms with Crippen LogP contribution >= 0.6 is 11.3 Å². The van der Waals surface area contributed by atoms with Crippen LogP contribution in [0.1, 0.15) is 0 Å². The van der Waals surface area contributed by atoms with Gasteiger partial charge in [0.2, 0.25) is 0 Å². The molecule has 0 aliphatic rings. The maximum atomic E-state index is 2.40. The van der Waals surface area contributed by atoms with Gasteiger partial charge < -0.3 is 4.57 Å². The van der Waals surface area contributed by atoms with Crippen LogP contribution < -0.4 is 0 Å². The van der Waals surface area contributed by atoms with E-state index < -0.39 is 0 Å². The summed E-state index contributed by atoms with van der Waals surface area (Å²) in [6.45, 7) is 0. The van der Waals surface area contributed by atoms with Crippen LogP contribution in [0.15, 0.2) is 140 Å². The number of rotatable bonds is 3. The lowest BCUT2D eigenvalue weighted by Crippen LogP contribution is -1.93. The van der Waals surface area contributed by atoms with Gasteiger partial charge in [-0.05, 0) is 70.8 Å². The van der Waals surface area contributed by atoms with Crippen LogP contribution in [0.5, 0.6) is 0 Å². The van der Waals surface area contributed by atoms with Crippen molar-refractivity contribution in [3.05, 3.63) is 140 Å². The van der Waals surface area contributed by atoms with E-state index in [1.807, 2.05) is 11.3 Å². The molecule has 38 heavy (non-hydrogen) atoms. The molecule has 0 aliphatic carbocycles. The molecule has 6 aromatic carbocycles. The Labute approximate surface area is 224 Å². The van der Waals surface area contributed by atoms with E-state index in [4.69, 9.17) is 0 Å². The van der Waals surface area contributed by atoms with Crippen LogP contribution in [0.4, 0.5) is 0 Å². The van der Waals surface area contributed by atoms with Gasteiger partial charge in [0, 0.05) is 36.6 Å². The third-order valence-electron chi connectivity index (χ3n) is 7.59. The predicted octanol–water partition coefficient (Wildman–Crippen LogP) is 10.5. The number of fused-ring (bicyclic) bond motifs is 6. The standard InChI is InChI=1S/C36H23NS/c1-2-9-24(10-3-1)25-11-8-12-26(21-25)27-17-19-35-31(22-27)32-23-28(18-20-36(32)38-35)37-33-15-6-4-13-29(33)30-14-5-7-16-34(30)37/h1-23H. The number of hydrogen-bond acceptors (Lipinski definition) is 1. The van der Waals surface area contributed by atoms with E-state index in [-0.39, 0.29) is 0 Å². The van der Waals surface area contributed by atoms with Crippen molar-refractivity contribution in [2.75, 3.05) is 0 Å². The predicted molar refractivity (Wildman–Crippen MR) is 165 cm³/mol. The highest BCUT2D eigenvalue weighted by atomic mass is 32.1. The zero-order valence-corrected chi connectivity index (χ0v) is 21.5. The van der Waals surface area contributed by atoms with Gasteiger partial charge >= 0.3 is 0 Å². The smallest absolute Gasteiger partial charge is 0.0541 e. The summed E-state index contributed by atoms with van der Waals surface area (Å²) < 4.78 is 5.04. The maximum Gasteiger partial charge on any atom is 0.0541 e. The van der Waals surface area contributed by atoms with Gasteiger partial charge in [0.1, 0.15) is 0 Å². The fourth-order valence-corrected chi connectivity index (χ4v) is 6.86. The van der Waals surface area contributed by atoms with E-state index >= 15 is 0 Å². The molecule has 2 heterocycles. The Morgan fingerprint density at radius 3 is 1.66 bits per heavy atom. The van der Waals surface area contributed by atoms with E-state index in [2.05, 4.69) is 144 Å². The van der Waals surface area contributed by atoms with Crippen molar-refractivity contribution in [1.29, 1.82) is 0 Å². The molecule has 0 atom stereocenters. The number of nitrogens with zero attached hydrogens (tertiary/aromatic N) is 1. The summed E-state index contributed by atoms with van der Waals surface area (Å²) in [6, 6.07) is 50.7. The fourth-order valence-electron chi connectivity index (χ4n) is 5.79. The maximum absolute atomic E-state index is 2.40. The molecule has 0 spiro atoms. The molecular weight excluding hydrogens is 478 g/mol. The van der Waals surface area contributed by atoms with Gasteiger partial charge in [-0.1, -0.05) is 91.0 Å². The lowest BCUT2D eigenvalue weighted by molar-refractivity contribution is 1.19. The van der Waals surface area contributed by atoms with Crippen LogP contribution in [0.3, 0.4) is 0 Å². The molecule has 0 unspecified atom stereocenters. The van der Waals surface area contributed by atoms with Crippen molar-refractivity contribution >= 4 is 53.3 Å². The second kappa shape index (κ2) is 8.44. The van der Waals surface area contributed by atoms with E-state index in [0.29, 0.717) is 0 Å². The summed E-state index contributed by atoms with van der Waals surface area (Å²) in [6.07, 6.45) is 0. The van der Waals surface area contributed by atoms with Crippen LogP contribution in [-0.2, 0) is 0 Å². The number of para-hydroxylation sites is 2. The Morgan fingerprint density at radius 1 is 0.368 bits per heavy atom. The lowest BCUT2D eigenvalue weighted by atomic mass is 9.98. The number of aromatic nitrogens is 1. The molecule has 0 bridgehead atoms. The Hall–Kier alpha value is -4.66. The van der Waals surface area contributed by atoms with Gasteiger partial charge in [0.05, 0.1) is 11.0 Å². The average molecular weight is 502 g/mol. The van der Waals surface area contributed by atoms with Crippen molar-refractivity contribution in [2.24, 2.45) is 0 Å². The SMILES string of the molecule is c1ccc(-c2cccc(-c3ccc4sc5ccc(-n6c7ccccc7c7ccccc76)cc5c4c3)c2)cc1. The molecule has 8 rings (SSSR count). The van der Waals surface area contributed by atoms with Crippen LogP contribution in [0.2, 0.25) is 0 Å². The third-order valence-corrected chi connectivity index (χ3v) is 8.75. The lowest BCUT2D eigenvalue weighted by Gasteiger charge is -2.09. The minimum Gasteiger partial charge on any atom is -0.309 e. The summed E-state index contributed by atoms with van der Waals surface area (Å²) in [4.78, 5) is 0. The quantitative estimate of drug-likeness (QED) is 0.227. The monoisotopic (exact) mass is 501 g/mol. The molecule has 2 aromatic heterocycles. The number of hydrogen-bond donors (Lipinski definition) is 0. The second-order valence-electron chi connectivity index (χ2n) is 9.81. The zero-order chi connectivity index (χ0) is 25.1. The summed E-state index contributed by atoms with van der Waals surface area (Å²) in [5.41, 5.74) is 8.66. The van der Waals surface area contributed by atoms with Gasteiger partial charge in [0.15, 0.2) is 0 Å². The molecule has 0 N–H and O–H groups in total. The summed E-state index contributed by atoms with van der Waals surface area (Å²) in [5, 5.41) is 5.21. The molecule has 8 aromatic rings. The van der Waals surface area contributed by atoms with Gasteiger partial charge in [-0.3, -0.25) is 0 Å². The van der Waals surface area contributed by atoms with Crippen LogP contribution in [-0.4, -0.2) is 4.57 Å². The van der Waals surface area contributed by atoms with Crippen molar-refractivity contribution in [3.8, 4) is 27.9 Å². The number of thiophene rings is 1. The molecule has 0 fully saturated rings. The molecular formula is C36H23NS. The zero-order valence-electron chi connectivity index (χ0n) is 20.6. The first-order chi connectivity index (χ1) is 18.8. The van der Waals surface area contributed by atoms with E-state index in [9.17, 15) is 0 Å². The van der Waals surface area contributed by atoms with Gasteiger partial charge in [-0.25, -0.2) is 0 Å². The first-order valence-corrected chi connectivity index (χ1v) is 13.8. The van der Waals surface area contributed by atoms with Gasteiger partial charge in [-0.2, -0.15) is 0 Å². The van der Waals surface area contributed by atoms with Crippen molar-refractivity contribution in [1.82, 2.24) is 4.57 Å². The Bertz CT molecular complexity index is 2080. The highest BCUT2D eigenvalue weighted by Gasteiger charge is 2.14. The molecule has 1 nitrogen and oxygen atoms in total. The number of benzene rings is 6. The molecule has 178 valence electrons. The largest absolute Gasteiger partial charge is 0.309 e. The highest BCUT2D eigenvalue weighted by Crippen LogP contribution is 2.39. The summed E-state index contributed by atoms with van der Waals surface area (Å²) in [7, 11) is 0. The summed E-state index contributed by atoms with van der Waals surface area (Å²) in [5.74, 6) is 0. The average Bonchev–Trinajstić information content (AvgIpc) is 3.52. The van der Waals surface area contributed by atoms with Crippen molar-refractivity contribution < 1.29 is 0 Å². The van der Waals surface area contributed by atoms with Crippen molar-refractivity contribution in [2.45, 2.75) is 0 Å². The van der Waals surface area contributed by atoms with E-state index in [1.165, 1.54) is 69.9 Å². The highest BCUT2D eigenvalue weighted by molar-refractivity contribution is 7.25. The topological polar surface area (TPSA) is 4.93 Å². The van der Waals surface area contributed by atoms with Crippen LogP contribution in [0, 0.1) is 0 Å². The third kappa shape index (κ3) is 3.31. The first-order valence-electron chi connectivity index (χ1n) is 12.9. The fraction of sp³-hybridized carbons (Fsp3) is 0. The van der Waals surface area contributed by atoms with Crippen molar-refractivity contribution in [3.63, 3.8) is 0 Å². The molecule has 0 amide bonds. The van der Waals surface area contributed by atoms with Gasteiger partial charge in [-0.15, -0.1) is 11.3 Å². The second-order valence-corrected chi connectivity index (χ2v) is 10.9. The van der Waals surface area contributed by atoms with Crippen LogP contribution in [0.25, 0.3) is 69.9 Å². The molecule has 0 radical (unpaired) electrons. The normalized spacial score (nSPS) is 11.7. The van der Waals surface area contributed by atoms with E-state index in [1.54, 1.807) is 0 Å². The molecule has 0 saturated heterocycles.